The fourth-order valence-corrected chi connectivity index (χ4v) is 2.94. The molecule has 2 rings (SSSR count). The molecule has 1 fully saturated rings. The van der Waals surface area contributed by atoms with Crippen LogP contribution in [0.4, 0.5) is 0 Å². The van der Waals surface area contributed by atoms with E-state index in [0.29, 0.717) is 0 Å². The molecule has 1 aromatic carbocycles. The van der Waals surface area contributed by atoms with E-state index in [1.165, 1.54) is 28.7 Å². The highest BCUT2D eigenvalue weighted by molar-refractivity contribution is 5.49. The van der Waals surface area contributed by atoms with Gasteiger partial charge in [-0.2, -0.15) is 5.26 Å². The van der Waals surface area contributed by atoms with Crippen molar-refractivity contribution in [3.05, 3.63) is 28.3 Å². The van der Waals surface area contributed by atoms with E-state index in [-0.39, 0.29) is 5.41 Å². The van der Waals surface area contributed by atoms with Crippen LogP contribution in [0, 0.1) is 37.5 Å². The van der Waals surface area contributed by atoms with E-state index in [1.807, 2.05) is 0 Å². The largest absolute Gasteiger partial charge is 0.496 e. The molecule has 0 aromatic heterocycles. The second kappa shape index (κ2) is 4.65. The second-order valence-corrected chi connectivity index (χ2v) is 5.56. The Morgan fingerprint density at radius 1 is 1.28 bits per heavy atom. The third-order valence-electron chi connectivity index (χ3n) is 4.41. The van der Waals surface area contributed by atoms with Crippen molar-refractivity contribution in [3.63, 3.8) is 0 Å². The summed E-state index contributed by atoms with van der Waals surface area (Å²) in [6.45, 7) is 6.31. The van der Waals surface area contributed by atoms with Gasteiger partial charge in [0.05, 0.1) is 18.6 Å². The Kier molecular flexibility index (Phi) is 3.34. The SMILES string of the molecule is COc1c(C)cc(CC2(C#N)CCC2)c(C)c1C. The number of hydrogen-bond donors (Lipinski definition) is 0. The van der Waals surface area contributed by atoms with Gasteiger partial charge in [-0.05, 0) is 62.3 Å². The molecule has 0 saturated heterocycles. The molecular formula is C16H21NO. The van der Waals surface area contributed by atoms with Gasteiger partial charge < -0.3 is 4.74 Å². The van der Waals surface area contributed by atoms with Crippen LogP contribution in [0.2, 0.25) is 0 Å². The maximum absolute atomic E-state index is 9.35. The van der Waals surface area contributed by atoms with Crippen LogP contribution in [0.1, 0.15) is 41.5 Å². The lowest BCUT2D eigenvalue weighted by Gasteiger charge is -2.36. The predicted octanol–water partition coefficient (Wildman–Crippen LogP) is 3.86. The van der Waals surface area contributed by atoms with E-state index in [0.717, 1.165) is 25.0 Å². The van der Waals surface area contributed by atoms with E-state index in [1.54, 1.807) is 7.11 Å². The van der Waals surface area contributed by atoms with Gasteiger partial charge in [-0.1, -0.05) is 12.5 Å². The zero-order chi connectivity index (χ0) is 13.3. The normalized spacial score (nSPS) is 16.8. The zero-order valence-electron chi connectivity index (χ0n) is 11.8. The Hall–Kier alpha value is -1.49. The standard InChI is InChI=1S/C16H21NO/c1-11-8-14(9-16(10-17)6-5-7-16)12(2)13(3)15(11)18-4/h8H,5-7,9H2,1-4H3. The number of aryl methyl sites for hydroxylation is 1. The lowest BCUT2D eigenvalue weighted by molar-refractivity contribution is 0.213. The summed E-state index contributed by atoms with van der Waals surface area (Å²) in [7, 11) is 1.72. The van der Waals surface area contributed by atoms with Crippen molar-refractivity contribution < 1.29 is 4.74 Å². The molecule has 0 radical (unpaired) electrons. The molecule has 0 bridgehead atoms. The summed E-state index contributed by atoms with van der Waals surface area (Å²) in [4.78, 5) is 0. The van der Waals surface area contributed by atoms with Crippen molar-refractivity contribution in [1.29, 1.82) is 5.26 Å². The Bertz CT molecular complexity index is 507. The molecule has 0 aliphatic heterocycles. The van der Waals surface area contributed by atoms with Gasteiger partial charge >= 0.3 is 0 Å². The van der Waals surface area contributed by atoms with Crippen LogP contribution >= 0.6 is 0 Å². The summed E-state index contributed by atoms with van der Waals surface area (Å²) < 4.78 is 5.44. The van der Waals surface area contributed by atoms with Gasteiger partial charge in [-0.25, -0.2) is 0 Å². The van der Waals surface area contributed by atoms with Crippen LogP contribution in [0.5, 0.6) is 5.75 Å². The van der Waals surface area contributed by atoms with Crippen molar-refractivity contribution in [2.45, 2.75) is 46.5 Å². The number of rotatable bonds is 3. The smallest absolute Gasteiger partial charge is 0.124 e. The molecule has 0 N–H and O–H groups in total. The summed E-state index contributed by atoms with van der Waals surface area (Å²) in [5.41, 5.74) is 4.87. The minimum absolute atomic E-state index is 0.0990. The molecular weight excluding hydrogens is 222 g/mol. The highest BCUT2D eigenvalue weighted by Gasteiger charge is 2.37. The molecule has 1 saturated carbocycles. The fourth-order valence-electron chi connectivity index (χ4n) is 2.94. The summed E-state index contributed by atoms with van der Waals surface area (Å²) in [5.74, 6) is 0.982. The number of nitriles is 1. The summed E-state index contributed by atoms with van der Waals surface area (Å²) >= 11 is 0. The van der Waals surface area contributed by atoms with E-state index in [4.69, 9.17) is 4.74 Å². The summed E-state index contributed by atoms with van der Waals surface area (Å²) in [6.07, 6.45) is 4.18. The second-order valence-electron chi connectivity index (χ2n) is 5.56. The van der Waals surface area contributed by atoms with Gasteiger partial charge in [0, 0.05) is 0 Å². The first-order chi connectivity index (χ1) is 8.53. The fraction of sp³-hybridized carbons (Fsp3) is 0.562. The van der Waals surface area contributed by atoms with Gasteiger partial charge in [0.2, 0.25) is 0 Å². The minimum Gasteiger partial charge on any atom is -0.496 e. The first kappa shape index (κ1) is 13.0. The molecule has 0 spiro atoms. The molecule has 1 aliphatic carbocycles. The van der Waals surface area contributed by atoms with Crippen molar-refractivity contribution in [1.82, 2.24) is 0 Å². The van der Waals surface area contributed by atoms with Crippen LogP contribution in [0.25, 0.3) is 0 Å². The molecule has 0 heterocycles. The number of nitrogens with zero attached hydrogens (tertiary/aromatic N) is 1. The van der Waals surface area contributed by atoms with Crippen molar-refractivity contribution >= 4 is 0 Å². The van der Waals surface area contributed by atoms with Crippen LogP contribution in [0.3, 0.4) is 0 Å². The monoisotopic (exact) mass is 243 g/mol. The van der Waals surface area contributed by atoms with Crippen LogP contribution in [0.15, 0.2) is 6.07 Å². The third kappa shape index (κ3) is 1.99. The lowest BCUT2D eigenvalue weighted by Crippen LogP contribution is -2.30. The molecule has 0 atom stereocenters. The molecule has 1 aromatic rings. The van der Waals surface area contributed by atoms with Gasteiger partial charge in [0.1, 0.15) is 5.75 Å². The van der Waals surface area contributed by atoms with Gasteiger partial charge in [0.25, 0.3) is 0 Å². The number of ether oxygens (including phenoxy) is 1. The first-order valence-electron chi connectivity index (χ1n) is 6.58. The van der Waals surface area contributed by atoms with E-state index in [9.17, 15) is 5.26 Å². The van der Waals surface area contributed by atoms with Crippen molar-refractivity contribution in [2.75, 3.05) is 7.11 Å². The van der Waals surface area contributed by atoms with Crippen molar-refractivity contribution in [2.24, 2.45) is 5.41 Å². The quantitative estimate of drug-likeness (QED) is 0.807. The van der Waals surface area contributed by atoms with Crippen LogP contribution < -0.4 is 4.74 Å². The van der Waals surface area contributed by atoms with Gasteiger partial charge in [-0.3, -0.25) is 0 Å². The average Bonchev–Trinajstić information content (AvgIpc) is 2.30. The van der Waals surface area contributed by atoms with Gasteiger partial charge in [0.15, 0.2) is 0 Å². The topological polar surface area (TPSA) is 33.0 Å². The minimum atomic E-state index is -0.0990. The maximum atomic E-state index is 9.35. The van der Waals surface area contributed by atoms with Crippen molar-refractivity contribution in [3.8, 4) is 11.8 Å². The van der Waals surface area contributed by atoms with Gasteiger partial charge in [-0.15, -0.1) is 0 Å². The third-order valence-corrected chi connectivity index (χ3v) is 4.41. The molecule has 96 valence electrons. The number of hydrogen-bond acceptors (Lipinski definition) is 2. The maximum Gasteiger partial charge on any atom is 0.124 e. The predicted molar refractivity (Wildman–Crippen MR) is 72.8 cm³/mol. The van der Waals surface area contributed by atoms with E-state index < -0.39 is 0 Å². The molecule has 0 amide bonds. The van der Waals surface area contributed by atoms with Crippen LogP contribution in [-0.4, -0.2) is 7.11 Å². The highest BCUT2D eigenvalue weighted by atomic mass is 16.5. The molecule has 18 heavy (non-hydrogen) atoms. The van der Waals surface area contributed by atoms with E-state index >= 15 is 0 Å². The molecule has 1 aliphatic rings. The van der Waals surface area contributed by atoms with Crippen LogP contribution in [-0.2, 0) is 6.42 Å². The molecule has 2 heteroatoms. The summed E-state index contributed by atoms with van der Waals surface area (Å²) in [5, 5.41) is 9.35. The highest BCUT2D eigenvalue weighted by Crippen LogP contribution is 2.44. The number of benzene rings is 1. The first-order valence-corrected chi connectivity index (χ1v) is 6.58. The lowest BCUT2D eigenvalue weighted by atomic mass is 9.66. The van der Waals surface area contributed by atoms with E-state index in [2.05, 4.69) is 32.9 Å². The summed E-state index contributed by atoms with van der Waals surface area (Å²) in [6, 6.07) is 4.72. The zero-order valence-corrected chi connectivity index (χ0v) is 11.8. The Balaban J connectivity index is 2.38. The Morgan fingerprint density at radius 3 is 2.39 bits per heavy atom. The Morgan fingerprint density at radius 2 is 1.94 bits per heavy atom. The Labute approximate surface area is 110 Å². The molecule has 0 unspecified atom stereocenters. The number of methoxy groups -OCH3 is 1. The molecule has 2 nitrogen and oxygen atoms in total. The average molecular weight is 243 g/mol.